The summed E-state index contributed by atoms with van der Waals surface area (Å²) in [5.74, 6) is 0. The van der Waals surface area contributed by atoms with Crippen molar-refractivity contribution in [2.45, 2.75) is 16.9 Å². The van der Waals surface area contributed by atoms with Gasteiger partial charge in [0.05, 0.1) is 23.3 Å². The van der Waals surface area contributed by atoms with E-state index in [2.05, 4.69) is 4.72 Å². The summed E-state index contributed by atoms with van der Waals surface area (Å²) in [5.41, 5.74) is -0.914. The SMILES string of the molecule is N#Cc1ccc(S(=O)(=O)NCC2(O)CCOC2)c(Cl)c1. The zero-order chi connectivity index (χ0) is 14.8. The predicted octanol–water partition coefficient (Wildman–Crippen LogP) is 0.641. The number of nitrogens with zero attached hydrogens (tertiary/aromatic N) is 1. The van der Waals surface area contributed by atoms with Gasteiger partial charge in [0.1, 0.15) is 10.5 Å². The number of halogens is 1. The molecule has 0 radical (unpaired) electrons. The van der Waals surface area contributed by atoms with Crippen LogP contribution in [0, 0.1) is 11.3 Å². The summed E-state index contributed by atoms with van der Waals surface area (Å²) in [7, 11) is -3.85. The molecule has 20 heavy (non-hydrogen) atoms. The van der Waals surface area contributed by atoms with Crippen molar-refractivity contribution in [3.8, 4) is 6.07 Å². The maximum Gasteiger partial charge on any atom is 0.242 e. The fourth-order valence-electron chi connectivity index (χ4n) is 1.83. The predicted molar refractivity (Wildman–Crippen MR) is 71.7 cm³/mol. The first-order valence-electron chi connectivity index (χ1n) is 5.86. The first-order chi connectivity index (χ1) is 9.36. The molecule has 0 saturated carbocycles. The van der Waals surface area contributed by atoms with Crippen LogP contribution in [0.5, 0.6) is 0 Å². The van der Waals surface area contributed by atoms with Crippen molar-refractivity contribution in [1.29, 1.82) is 5.26 Å². The van der Waals surface area contributed by atoms with E-state index in [1.165, 1.54) is 18.2 Å². The Kier molecular flexibility index (Phi) is 4.32. The molecule has 0 bridgehead atoms. The monoisotopic (exact) mass is 316 g/mol. The minimum atomic E-state index is -3.85. The average molecular weight is 317 g/mol. The zero-order valence-corrected chi connectivity index (χ0v) is 12.0. The molecule has 1 saturated heterocycles. The smallest absolute Gasteiger partial charge is 0.242 e. The first-order valence-corrected chi connectivity index (χ1v) is 7.72. The van der Waals surface area contributed by atoms with Gasteiger partial charge < -0.3 is 9.84 Å². The van der Waals surface area contributed by atoms with Gasteiger partial charge in [-0.15, -0.1) is 0 Å². The minimum absolute atomic E-state index is 0.0359. The Bertz CT molecular complexity index is 648. The van der Waals surface area contributed by atoms with Gasteiger partial charge >= 0.3 is 0 Å². The van der Waals surface area contributed by atoms with Crippen LogP contribution in [0.1, 0.15) is 12.0 Å². The maximum absolute atomic E-state index is 12.1. The summed E-state index contributed by atoms with van der Waals surface area (Å²) >= 11 is 5.87. The molecule has 8 heteroatoms. The number of ether oxygens (including phenoxy) is 1. The Morgan fingerprint density at radius 2 is 2.30 bits per heavy atom. The van der Waals surface area contributed by atoms with E-state index < -0.39 is 15.6 Å². The van der Waals surface area contributed by atoms with Crippen LogP contribution in [0.15, 0.2) is 23.1 Å². The lowest BCUT2D eigenvalue weighted by Crippen LogP contribution is -2.43. The summed E-state index contributed by atoms with van der Waals surface area (Å²) in [4.78, 5) is -0.124. The lowest BCUT2D eigenvalue weighted by atomic mass is 10.1. The second kappa shape index (κ2) is 5.68. The lowest BCUT2D eigenvalue weighted by molar-refractivity contribution is 0.0314. The molecule has 0 amide bonds. The fraction of sp³-hybridized carbons (Fsp3) is 0.417. The number of benzene rings is 1. The van der Waals surface area contributed by atoms with Gasteiger partial charge in [0, 0.05) is 19.6 Å². The molecule has 0 aromatic heterocycles. The van der Waals surface area contributed by atoms with Gasteiger partial charge in [-0.2, -0.15) is 5.26 Å². The van der Waals surface area contributed by atoms with Gasteiger partial charge in [-0.05, 0) is 18.2 Å². The molecular formula is C12H13ClN2O4S. The first kappa shape index (κ1) is 15.2. The van der Waals surface area contributed by atoms with Gasteiger partial charge in [0.25, 0.3) is 0 Å². The molecule has 1 heterocycles. The van der Waals surface area contributed by atoms with Gasteiger partial charge in [-0.25, -0.2) is 13.1 Å². The van der Waals surface area contributed by atoms with E-state index in [-0.39, 0.29) is 28.6 Å². The Hall–Kier alpha value is -1.17. The van der Waals surface area contributed by atoms with Crippen LogP contribution in [-0.2, 0) is 14.8 Å². The molecule has 1 atom stereocenters. The van der Waals surface area contributed by atoms with E-state index in [0.717, 1.165) is 0 Å². The van der Waals surface area contributed by atoms with Crippen molar-refractivity contribution < 1.29 is 18.3 Å². The largest absolute Gasteiger partial charge is 0.386 e. The van der Waals surface area contributed by atoms with Crippen LogP contribution in [0.2, 0.25) is 5.02 Å². The third-order valence-corrected chi connectivity index (χ3v) is 4.91. The van der Waals surface area contributed by atoms with Gasteiger partial charge in [-0.3, -0.25) is 0 Å². The average Bonchev–Trinajstić information content (AvgIpc) is 2.84. The Morgan fingerprint density at radius 1 is 1.55 bits per heavy atom. The Balaban J connectivity index is 2.16. The summed E-state index contributed by atoms with van der Waals surface area (Å²) in [6.45, 7) is 0.345. The second-order valence-corrected chi connectivity index (χ2v) is 6.75. The molecule has 1 aromatic rings. The van der Waals surface area contributed by atoms with Crippen LogP contribution in [0.3, 0.4) is 0 Å². The van der Waals surface area contributed by atoms with Crippen molar-refractivity contribution in [2.75, 3.05) is 19.8 Å². The molecule has 6 nitrogen and oxygen atoms in total. The molecule has 1 aliphatic heterocycles. The van der Waals surface area contributed by atoms with E-state index >= 15 is 0 Å². The van der Waals surface area contributed by atoms with Crippen molar-refractivity contribution in [1.82, 2.24) is 4.72 Å². The standard InChI is InChI=1S/C12H13ClN2O4S/c13-10-5-9(6-14)1-2-11(10)20(17,18)15-7-12(16)3-4-19-8-12/h1-2,5,15-16H,3-4,7-8H2. The van der Waals surface area contributed by atoms with Gasteiger partial charge in [0.2, 0.25) is 10.0 Å². The summed E-state index contributed by atoms with van der Waals surface area (Å²) in [5, 5.41) is 18.7. The van der Waals surface area contributed by atoms with Gasteiger partial charge in [-0.1, -0.05) is 11.6 Å². The molecule has 1 aromatic carbocycles. The molecule has 1 unspecified atom stereocenters. The quantitative estimate of drug-likeness (QED) is 0.849. The number of nitrogens with one attached hydrogen (secondary N) is 1. The van der Waals surface area contributed by atoms with Crippen molar-refractivity contribution >= 4 is 21.6 Å². The van der Waals surface area contributed by atoms with Crippen LogP contribution >= 0.6 is 11.6 Å². The molecule has 2 N–H and O–H groups in total. The Labute approximate surface area is 122 Å². The minimum Gasteiger partial charge on any atom is -0.386 e. The lowest BCUT2D eigenvalue weighted by Gasteiger charge is -2.20. The summed E-state index contributed by atoms with van der Waals surface area (Å²) in [6, 6.07) is 5.79. The van der Waals surface area contributed by atoms with E-state index in [0.29, 0.717) is 13.0 Å². The van der Waals surface area contributed by atoms with E-state index in [1.807, 2.05) is 6.07 Å². The molecular weight excluding hydrogens is 304 g/mol. The molecule has 1 aliphatic rings. The normalized spacial score (nSPS) is 22.6. The number of nitriles is 1. The Morgan fingerprint density at radius 3 is 2.85 bits per heavy atom. The van der Waals surface area contributed by atoms with Crippen LogP contribution in [-0.4, -0.2) is 38.9 Å². The van der Waals surface area contributed by atoms with Crippen LogP contribution in [0.4, 0.5) is 0 Å². The molecule has 108 valence electrons. The highest BCUT2D eigenvalue weighted by Crippen LogP contribution is 2.23. The molecule has 0 aliphatic carbocycles. The van der Waals surface area contributed by atoms with Crippen molar-refractivity contribution in [2.24, 2.45) is 0 Å². The van der Waals surface area contributed by atoms with E-state index in [4.69, 9.17) is 21.6 Å². The topological polar surface area (TPSA) is 99.4 Å². The van der Waals surface area contributed by atoms with Gasteiger partial charge in [0.15, 0.2) is 0 Å². The number of rotatable bonds is 4. The van der Waals surface area contributed by atoms with Crippen molar-refractivity contribution in [3.63, 3.8) is 0 Å². The number of hydrogen-bond donors (Lipinski definition) is 2. The highest BCUT2D eigenvalue weighted by atomic mass is 35.5. The zero-order valence-electron chi connectivity index (χ0n) is 10.5. The van der Waals surface area contributed by atoms with Crippen LogP contribution in [0.25, 0.3) is 0 Å². The van der Waals surface area contributed by atoms with Crippen molar-refractivity contribution in [3.05, 3.63) is 28.8 Å². The van der Waals surface area contributed by atoms with E-state index in [1.54, 1.807) is 0 Å². The maximum atomic E-state index is 12.1. The summed E-state index contributed by atoms with van der Waals surface area (Å²) in [6.07, 6.45) is 0.372. The highest BCUT2D eigenvalue weighted by Gasteiger charge is 2.34. The third kappa shape index (κ3) is 3.29. The third-order valence-electron chi connectivity index (χ3n) is 3.02. The number of aliphatic hydroxyl groups is 1. The van der Waals surface area contributed by atoms with E-state index in [9.17, 15) is 13.5 Å². The molecule has 0 spiro atoms. The fourth-order valence-corrected chi connectivity index (χ4v) is 3.49. The second-order valence-electron chi connectivity index (χ2n) is 4.61. The summed E-state index contributed by atoms with van der Waals surface area (Å²) < 4.78 is 31.6. The molecule has 1 fully saturated rings. The number of sulfonamides is 1. The molecule has 2 rings (SSSR count). The highest BCUT2D eigenvalue weighted by molar-refractivity contribution is 7.89. The van der Waals surface area contributed by atoms with Crippen LogP contribution < -0.4 is 4.72 Å². The number of hydrogen-bond acceptors (Lipinski definition) is 5.